The fraction of sp³-hybridized carbons (Fsp3) is 0.381. The van der Waals surface area contributed by atoms with Crippen LogP contribution in [0.5, 0.6) is 17.2 Å². The van der Waals surface area contributed by atoms with E-state index in [2.05, 4.69) is 0 Å². The molecule has 2 aromatic carbocycles. The van der Waals surface area contributed by atoms with E-state index >= 15 is 0 Å². The van der Waals surface area contributed by atoms with Crippen LogP contribution in [0.4, 0.5) is 0 Å². The molecule has 2 fully saturated rings. The second-order valence-electron chi connectivity index (χ2n) is 7.23. The van der Waals surface area contributed by atoms with Gasteiger partial charge < -0.3 is 19.1 Å². The normalized spacial score (nSPS) is 24.2. The number of β-lactam (4-membered cyclic amide) rings is 1. The maximum atomic E-state index is 13.0. The number of amides is 1. The Bertz CT molecular complexity index is 863. The number of hydrogen-bond donors (Lipinski definition) is 0. The van der Waals surface area contributed by atoms with Gasteiger partial charge >= 0.3 is 0 Å². The lowest BCUT2D eigenvalue weighted by atomic mass is 9.87. The Morgan fingerprint density at radius 1 is 1.00 bits per heavy atom. The van der Waals surface area contributed by atoms with Crippen LogP contribution in [0.3, 0.4) is 0 Å². The maximum Gasteiger partial charge on any atom is 0.267 e. The van der Waals surface area contributed by atoms with Crippen LogP contribution >= 0.6 is 11.6 Å². The van der Waals surface area contributed by atoms with Gasteiger partial charge in [0.1, 0.15) is 11.8 Å². The third kappa shape index (κ3) is 2.90. The average Bonchev–Trinajstić information content (AvgIpc) is 3.36. The first-order chi connectivity index (χ1) is 13.2. The van der Waals surface area contributed by atoms with E-state index in [0.29, 0.717) is 10.8 Å². The van der Waals surface area contributed by atoms with Gasteiger partial charge in [0.25, 0.3) is 5.91 Å². The van der Waals surface area contributed by atoms with Crippen LogP contribution in [-0.2, 0) is 4.79 Å². The molecule has 0 aromatic heterocycles. The molecule has 5 nitrogen and oxygen atoms in total. The summed E-state index contributed by atoms with van der Waals surface area (Å²) in [5, 5.41) is 0.641. The minimum absolute atomic E-state index is 0.0551. The van der Waals surface area contributed by atoms with Gasteiger partial charge in [0, 0.05) is 11.1 Å². The van der Waals surface area contributed by atoms with E-state index in [9.17, 15) is 4.79 Å². The Morgan fingerprint density at radius 3 is 2.52 bits per heavy atom. The fourth-order valence-corrected chi connectivity index (χ4v) is 4.41. The SMILES string of the molecule is O=C1[C@H](Oc2ccc(Cl)cc2)[C@H](c2ccc3c(c2)OCO3)N1C1CCCC1. The Kier molecular flexibility index (Phi) is 4.12. The first-order valence-corrected chi connectivity index (χ1v) is 9.72. The first-order valence-electron chi connectivity index (χ1n) is 9.35. The molecular formula is C21H20ClNO4. The van der Waals surface area contributed by atoms with E-state index in [0.717, 1.165) is 29.9 Å². The molecule has 2 aromatic rings. The van der Waals surface area contributed by atoms with E-state index < -0.39 is 6.10 Å². The quantitative estimate of drug-likeness (QED) is 0.734. The molecule has 2 aliphatic heterocycles. The molecular weight excluding hydrogens is 366 g/mol. The summed E-state index contributed by atoms with van der Waals surface area (Å²) in [6, 6.07) is 13.2. The van der Waals surface area contributed by atoms with Crippen molar-refractivity contribution < 1.29 is 19.0 Å². The number of carbonyl (C=O) groups excluding carboxylic acids is 1. The van der Waals surface area contributed by atoms with Crippen molar-refractivity contribution in [2.24, 2.45) is 0 Å². The molecule has 1 amide bonds. The number of carbonyl (C=O) groups is 1. The van der Waals surface area contributed by atoms with E-state index in [1.807, 2.05) is 23.1 Å². The van der Waals surface area contributed by atoms with Gasteiger partial charge in [0.2, 0.25) is 12.9 Å². The highest BCUT2D eigenvalue weighted by Crippen LogP contribution is 2.45. The molecule has 27 heavy (non-hydrogen) atoms. The zero-order chi connectivity index (χ0) is 18.4. The van der Waals surface area contributed by atoms with Gasteiger partial charge in [-0.1, -0.05) is 30.5 Å². The van der Waals surface area contributed by atoms with Crippen LogP contribution in [-0.4, -0.2) is 29.7 Å². The van der Waals surface area contributed by atoms with Gasteiger partial charge in [0.15, 0.2) is 11.5 Å². The first kappa shape index (κ1) is 16.8. The van der Waals surface area contributed by atoms with Gasteiger partial charge in [-0.05, 0) is 54.8 Å². The number of hydrogen-bond acceptors (Lipinski definition) is 4. The number of halogens is 1. The number of nitrogens with zero attached hydrogens (tertiary/aromatic N) is 1. The zero-order valence-electron chi connectivity index (χ0n) is 14.8. The molecule has 1 aliphatic carbocycles. The molecule has 2 heterocycles. The van der Waals surface area contributed by atoms with E-state index in [4.69, 9.17) is 25.8 Å². The Balaban J connectivity index is 1.45. The fourth-order valence-electron chi connectivity index (χ4n) is 4.28. The summed E-state index contributed by atoms with van der Waals surface area (Å²) in [7, 11) is 0. The van der Waals surface area contributed by atoms with Crippen LogP contribution in [0, 0.1) is 0 Å². The van der Waals surface area contributed by atoms with E-state index in [1.165, 1.54) is 12.8 Å². The topological polar surface area (TPSA) is 48.0 Å². The minimum atomic E-state index is -0.535. The smallest absolute Gasteiger partial charge is 0.267 e. The summed E-state index contributed by atoms with van der Waals surface area (Å²) in [5.74, 6) is 2.17. The van der Waals surface area contributed by atoms with Gasteiger partial charge in [-0.15, -0.1) is 0 Å². The van der Waals surface area contributed by atoms with Gasteiger partial charge in [-0.3, -0.25) is 4.79 Å². The maximum absolute atomic E-state index is 13.0. The summed E-state index contributed by atoms with van der Waals surface area (Å²) in [4.78, 5) is 15.0. The number of fused-ring (bicyclic) bond motifs is 1. The number of likely N-dealkylation sites (tertiary alicyclic amines) is 1. The monoisotopic (exact) mass is 385 g/mol. The predicted molar refractivity (Wildman–Crippen MR) is 100 cm³/mol. The third-order valence-corrected chi connectivity index (χ3v) is 5.87. The van der Waals surface area contributed by atoms with Crippen LogP contribution in [0.15, 0.2) is 42.5 Å². The molecule has 0 spiro atoms. The van der Waals surface area contributed by atoms with Crippen molar-refractivity contribution in [1.29, 1.82) is 0 Å². The highest BCUT2D eigenvalue weighted by atomic mass is 35.5. The van der Waals surface area contributed by atoms with E-state index in [1.54, 1.807) is 24.3 Å². The molecule has 3 aliphatic rings. The summed E-state index contributed by atoms with van der Waals surface area (Å²) < 4.78 is 17.0. The molecule has 2 atom stereocenters. The molecule has 0 unspecified atom stereocenters. The Labute approximate surface area is 162 Å². The summed E-state index contributed by atoms with van der Waals surface area (Å²) in [6.45, 7) is 0.236. The molecule has 140 valence electrons. The molecule has 6 heteroatoms. The lowest BCUT2D eigenvalue weighted by Crippen LogP contribution is -2.64. The molecule has 0 N–H and O–H groups in total. The summed E-state index contributed by atoms with van der Waals surface area (Å²) >= 11 is 5.96. The second kappa shape index (κ2) is 6.64. The minimum Gasteiger partial charge on any atom is -0.478 e. The number of ether oxygens (including phenoxy) is 3. The van der Waals surface area contributed by atoms with Crippen molar-refractivity contribution in [3.8, 4) is 17.2 Å². The zero-order valence-corrected chi connectivity index (χ0v) is 15.5. The average molecular weight is 386 g/mol. The van der Waals surface area contributed by atoms with E-state index in [-0.39, 0.29) is 24.8 Å². The number of rotatable bonds is 4. The largest absolute Gasteiger partial charge is 0.478 e. The van der Waals surface area contributed by atoms with Crippen LogP contribution in [0.2, 0.25) is 5.02 Å². The molecule has 0 radical (unpaired) electrons. The second-order valence-corrected chi connectivity index (χ2v) is 7.67. The van der Waals surface area contributed by atoms with Crippen molar-refractivity contribution >= 4 is 17.5 Å². The standard InChI is InChI=1S/C21H20ClNO4/c22-14-6-8-16(9-7-14)27-20-19(23(21(20)24)15-3-1-2-4-15)13-5-10-17-18(11-13)26-12-25-17/h5-11,15,19-20H,1-4,12H2/t19-,20+/m0/s1. The summed E-state index contributed by atoms with van der Waals surface area (Å²) in [6.07, 6.45) is 3.92. The van der Waals surface area contributed by atoms with Crippen molar-refractivity contribution in [2.45, 2.75) is 43.9 Å². The predicted octanol–water partition coefficient (Wildman–Crippen LogP) is 4.34. The third-order valence-electron chi connectivity index (χ3n) is 5.62. The van der Waals surface area contributed by atoms with Crippen LogP contribution in [0.25, 0.3) is 0 Å². The molecule has 5 rings (SSSR count). The van der Waals surface area contributed by atoms with Crippen molar-refractivity contribution in [3.05, 3.63) is 53.1 Å². The van der Waals surface area contributed by atoms with Crippen molar-refractivity contribution in [1.82, 2.24) is 4.90 Å². The Hall–Kier alpha value is -2.40. The molecule has 1 saturated carbocycles. The molecule has 1 saturated heterocycles. The van der Waals surface area contributed by atoms with Crippen molar-refractivity contribution in [3.63, 3.8) is 0 Å². The summed E-state index contributed by atoms with van der Waals surface area (Å²) in [5.41, 5.74) is 1.02. The lowest BCUT2D eigenvalue weighted by molar-refractivity contribution is -0.169. The van der Waals surface area contributed by atoms with Gasteiger partial charge in [-0.25, -0.2) is 0 Å². The van der Waals surface area contributed by atoms with Crippen LogP contribution in [0.1, 0.15) is 37.3 Å². The highest BCUT2D eigenvalue weighted by Gasteiger charge is 2.53. The Morgan fingerprint density at radius 2 is 1.74 bits per heavy atom. The highest BCUT2D eigenvalue weighted by molar-refractivity contribution is 6.30. The van der Waals surface area contributed by atoms with Gasteiger partial charge in [-0.2, -0.15) is 0 Å². The van der Waals surface area contributed by atoms with Crippen molar-refractivity contribution in [2.75, 3.05) is 6.79 Å². The number of benzene rings is 2. The van der Waals surface area contributed by atoms with Crippen LogP contribution < -0.4 is 14.2 Å². The lowest BCUT2D eigenvalue weighted by Gasteiger charge is -2.50. The molecule has 0 bridgehead atoms. The van der Waals surface area contributed by atoms with Gasteiger partial charge in [0.05, 0.1) is 0 Å².